The van der Waals surface area contributed by atoms with Gasteiger partial charge in [0.1, 0.15) is 11.8 Å². The van der Waals surface area contributed by atoms with Gasteiger partial charge < -0.3 is 10.1 Å². The number of nitrogens with zero attached hydrogens (tertiary/aromatic N) is 5. The lowest BCUT2D eigenvalue weighted by Gasteiger charge is -2.26. The molecule has 0 saturated carbocycles. The lowest BCUT2D eigenvalue weighted by atomic mass is 10.0. The van der Waals surface area contributed by atoms with Crippen LogP contribution in [0.2, 0.25) is 5.02 Å². The predicted octanol–water partition coefficient (Wildman–Crippen LogP) is 4.27. The smallest absolute Gasteiger partial charge is 0.156 e. The van der Waals surface area contributed by atoms with Crippen molar-refractivity contribution in [1.82, 2.24) is 24.8 Å². The van der Waals surface area contributed by atoms with Gasteiger partial charge >= 0.3 is 0 Å². The Morgan fingerprint density at radius 3 is 2.88 bits per heavy atom. The van der Waals surface area contributed by atoms with E-state index >= 15 is 0 Å². The minimum Gasteiger partial charge on any atom is -0.379 e. The molecule has 1 aliphatic heterocycles. The van der Waals surface area contributed by atoms with Gasteiger partial charge in [-0.25, -0.2) is 9.97 Å². The lowest BCUT2D eigenvalue weighted by Crippen LogP contribution is -2.37. The molecule has 32 heavy (non-hydrogen) atoms. The number of halogens is 1. The highest BCUT2D eigenvalue weighted by Gasteiger charge is 2.17. The minimum atomic E-state index is -0.0689. The summed E-state index contributed by atoms with van der Waals surface area (Å²) in [4.78, 5) is 20.6. The van der Waals surface area contributed by atoms with Crippen LogP contribution in [-0.4, -0.2) is 57.7 Å². The molecule has 0 aliphatic carbocycles. The van der Waals surface area contributed by atoms with E-state index < -0.39 is 0 Å². The van der Waals surface area contributed by atoms with Crippen LogP contribution in [0.25, 0.3) is 21.8 Å². The molecule has 4 heterocycles. The van der Waals surface area contributed by atoms with Crippen LogP contribution in [0.4, 0.5) is 5.82 Å². The van der Waals surface area contributed by atoms with E-state index in [0.717, 1.165) is 77.5 Å². The molecule has 3 aromatic heterocycles. The highest BCUT2D eigenvalue weighted by molar-refractivity contribution is 6.35. The van der Waals surface area contributed by atoms with Crippen molar-refractivity contribution in [2.75, 3.05) is 38.2 Å². The summed E-state index contributed by atoms with van der Waals surface area (Å²) in [7, 11) is 0. The zero-order chi connectivity index (χ0) is 21.9. The molecule has 1 atom stereocenters. The van der Waals surface area contributed by atoms with E-state index in [1.165, 1.54) is 0 Å². The van der Waals surface area contributed by atoms with Gasteiger partial charge in [0, 0.05) is 37.6 Å². The summed E-state index contributed by atoms with van der Waals surface area (Å²) in [5.41, 5.74) is 3.52. The molecule has 0 radical (unpaired) electrons. The SMILES string of the molecule is CC(Nc1ncnc2cccnc12)c1cc2cccc(Cl)c2c(CCN2CCOCC2)n1. The van der Waals surface area contributed by atoms with E-state index in [2.05, 4.69) is 44.2 Å². The lowest BCUT2D eigenvalue weighted by molar-refractivity contribution is 0.0384. The molecule has 0 bridgehead atoms. The van der Waals surface area contributed by atoms with E-state index in [0.29, 0.717) is 5.82 Å². The molecule has 7 nitrogen and oxygen atoms in total. The molecule has 5 rings (SSSR count). The van der Waals surface area contributed by atoms with E-state index in [1.807, 2.05) is 24.3 Å². The van der Waals surface area contributed by atoms with Gasteiger partial charge in [-0.1, -0.05) is 23.7 Å². The monoisotopic (exact) mass is 448 g/mol. The van der Waals surface area contributed by atoms with Crippen LogP contribution >= 0.6 is 11.6 Å². The molecule has 0 amide bonds. The Labute approximate surface area is 191 Å². The normalized spacial score (nSPS) is 15.8. The molecule has 1 fully saturated rings. The number of rotatable bonds is 6. The standard InChI is InChI=1S/C24H25ClN6O/c1-16(29-24-23-20(27-15-28-24)6-3-8-26-23)21-14-17-4-2-5-18(25)22(17)19(30-21)7-9-31-10-12-32-13-11-31/h2-6,8,14-16H,7,9-13H2,1H3,(H,27,28,29). The summed E-state index contributed by atoms with van der Waals surface area (Å²) >= 11 is 6.60. The van der Waals surface area contributed by atoms with Crippen molar-refractivity contribution in [3.63, 3.8) is 0 Å². The molecule has 164 valence electrons. The van der Waals surface area contributed by atoms with Crippen LogP contribution in [0.15, 0.2) is 48.9 Å². The molecule has 1 saturated heterocycles. The largest absolute Gasteiger partial charge is 0.379 e. The fourth-order valence-corrected chi connectivity index (χ4v) is 4.43. The average Bonchev–Trinajstić information content (AvgIpc) is 2.83. The Balaban J connectivity index is 1.46. The summed E-state index contributed by atoms with van der Waals surface area (Å²) in [5.74, 6) is 0.700. The van der Waals surface area contributed by atoms with Crippen LogP contribution < -0.4 is 5.32 Å². The third-order valence-corrected chi connectivity index (χ3v) is 6.18. The first-order valence-electron chi connectivity index (χ1n) is 10.9. The van der Waals surface area contributed by atoms with Crippen LogP contribution in [-0.2, 0) is 11.2 Å². The summed E-state index contributed by atoms with van der Waals surface area (Å²) in [6.07, 6.45) is 4.14. The Morgan fingerprint density at radius 2 is 2.00 bits per heavy atom. The number of pyridine rings is 2. The van der Waals surface area contributed by atoms with Crippen LogP contribution in [0, 0.1) is 0 Å². The number of nitrogens with one attached hydrogen (secondary N) is 1. The molecular weight excluding hydrogens is 424 g/mol. The van der Waals surface area contributed by atoms with Crippen molar-refractivity contribution in [3.8, 4) is 0 Å². The third kappa shape index (κ3) is 4.37. The number of hydrogen-bond acceptors (Lipinski definition) is 7. The van der Waals surface area contributed by atoms with E-state index in [9.17, 15) is 0 Å². The van der Waals surface area contributed by atoms with Crippen molar-refractivity contribution in [2.24, 2.45) is 0 Å². The highest BCUT2D eigenvalue weighted by Crippen LogP contribution is 2.30. The number of ether oxygens (including phenoxy) is 1. The Bertz CT molecular complexity index is 1240. The quantitative estimate of drug-likeness (QED) is 0.472. The number of morpholine rings is 1. The molecule has 0 spiro atoms. The molecule has 1 N–H and O–H groups in total. The van der Waals surface area contributed by atoms with E-state index in [-0.39, 0.29) is 6.04 Å². The predicted molar refractivity (Wildman–Crippen MR) is 127 cm³/mol. The Hall–Kier alpha value is -2.87. The second kappa shape index (κ2) is 9.32. The molecule has 4 aromatic rings. The maximum atomic E-state index is 6.60. The van der Waals surface area contributed by atoms with Crippen LogP contribution in [0.5, 0.6) is 0 Å². The fraction of sp³-hybridized carbons (Fsp3) is 0.333. The molecular formula is C24H25ClN6O. The summed E-state index contributed by atoms with van der Waals surface area (Å²) in [6.45, 7) is 6.51. The van der Waals surface area contributed by atoms with Crippen molar-refractivity contribution < 1.29 is 4.74 Å². The van der Waals surface area contributed by atoms with Gasteiger partial charge in [-0.05, 0) is 36.6 Å². The molecule has 8 heteroatoms. The van der Waals surface area contributed by atoms with Crippen LogP contribution in [0.3, 0.4) is 0 Å². The first-order valence-corrected chi connectivity index (χ1v) is 11.3. The Morgan fingerprint density at radius 1 is 1.12 bits per heavy atom. The van der Waals surface area contributed by atoms with Crippen molar-refractivity contribution in [2.45, 2.75) is 19.4 Å². The zero-order valence-electron chi connectivity index (χ0n) is 18.0. The number of fused-ring (bicyclic) bond motifs is 2. The number of aromatic nitrogens is 4. The summed E-state index contributed by atoms with van der Waals surface area (Å²) in [6, 6.07) is 11.9. The molecule has 1 aliphatic rings. The second-order valence-corrected chi connectivity index (χ2v) is 8.40. The third-order valence-electron chi connectivity index (χ3n) is 5.86. The Kier molecular flexibility index (Phi) is 6.12. The number of anilines is 1. The topological polar surface area (TPSA) is 76.1 Å². The van der Waals surface area contributed by atoms with Crippen LogP contribution in [0.1, 0.15) is 24.4 Å². The molecule has 1 aromatic carbocycles. The molecule has 1 unspecified atom stereocenters. The van der Waals surface area contributed by atoms with Gasteiger partial charge in [-0.2, -0.15) is 0 Å². The second-order valence-electron chi connectivity index (χ2n) is 8.00. The van der Waals surface area contributed by atoms with Crippen molar-refractivity contribution >= 4 is 39.2 Å². The number of hydrogen-bond donors (Lipinski definition) is 1. The zero-order valence-corrected chi connectivity index (χ0v) is 18.7. The van der Waals surface area contributed by atoms with Gasteiger partial charge in [0.05, 0.1) is 41.2 Å². The van der Waals surface area contributed by atoms with E-state index in [4.69, 9.17) is 21.3 Å². The van der Waals surface area contributed by atoms with Gasteiger partial charge in [0.2, 0.25) is 0 Å². The average molecular weight is 449 g/mol. The summed E-state index contributed by atoms with van der Waals surface area (Å²) < 4.78 is 5.48. The fourth-order valence-electron chi connectivity index (χ4n) is 4.14. The van der Waals surface area contributed by atoms with Gasteiger partial charge in [0.25, 0.3) is 0 Å². The summed E-state index contributed by atoms with van der Waals surface area (Å²) in [5, 5.41) is 6.35. The first-order chi connectivity index (χ1) is 15.7. The van der Waals surface area contributed by atoms with Crippen molar-refractivity contribution in [1.29, 1.82) is 0 Å². The van der Waals surface area contributed by atoms with Gasteiger partial charge in [0.15, 0.2) is 5.82 Å². The van der Waals surface area contributed by atoms with Crippen molar-refractivity contribution in [3.05, 3.63) is 65.3 Å². The van der Waals surface area contributed by atoms with Gasteiger partial charge in [-0.15, -0.1) is 0 Å². The maximum absolute atomic E-state index is 6.60. The maximum Gasteiger partial charge on any atom is 0.156 e. The number of benzene rings is 1. The van der Waals surface area contributed by atoms with Gasteiger partial charge in [-0.3, -0.25) is 14.9 Å². The first kappa shape index (κ1) is 21.0. The van der Waals surface area contributed by atoms with E-state index in [1.54, 1.807) is 12.5 Å². The minimum absolute atomic E-state index is 0.0689. The highest BCUT2D eigenvalue weighted by atomic mass is 35.5.